The zero-order valence-electron chi connectivity index (χ0n) is 9.67. The molecule has 0 aliphatic heterocycles. The molecule has 0 fully saturated rings. The van der Waals surface area contributed by atoms with E-state index in [1.165, 1.54) is 6.07 Å². The first-order valence-corrected chi connectivity index (χ1v) is 6.95. The summed E-state index contributed by atoms with van der Waals surface area (Å²) < 4.78 is 15.4. The SMILES string of the molecule is Cc1cccc(F)c1NCc1ncc(Br)cc1Br. The number of anilines is 1. The van der Waals surface area contributed by atoms with Gasteiger partial charge in [-0.1, -0.05) is 12.1 Å². The summed E-state index contributed by atoms with van der Waals surface area (Å²) in [6.45, 7) is 2.34. The number of hydrogen-bond acceptors (Lipinski definition) is 2. The van der Waals surface area contributed by atoms with Gasteiger partial charge in [-0.25, -0.2) is 4.39 Å². The minimum atomic E-state index is -0.247. The van der Waals surface area contributed by atoms with Gasteiger partial charge in [-0.05, 0) is 56.5 Å². The molecule has 1 aromatic heterocycles. The molecule has 0 amide bonds. The quantitative estimate of drug-likeness (QED) is 0.845. The van der Waals surface area contributed by atoms with Crippen LogP contribution in [0.5, 0.6) is 0 Å². The monoisotopic (exact) mass is 372 g/mol. The fourth-order valence-electron chi connectivity index (χ4n) is 1.60. The van der Waals surface area contributed by atoms with Gasteiger partial charge in [-0.2, -0.15) is 0 Å². The summed E-state index contributed by atoms with van der Waals surface area (Å²) in [5.41, 5.74) is 2.23. The van der Waals surface area contributed by atoms with Gasteiger partial charge >= 0.3 is 0 Å². The molecule has 0 aliphatic carbocycles. The molecule has 1 N–H and O–H groups in total. The number of nitrogens with zero attached hydrogens (tertiary/aromatic N) is 1. The molecule has 2 rings (SSSR count). The van der Waals surface area contributed by atoms with Gasteiger partial charge in [0.05, 0.1) is 17.9 Å². The minimum absolute atomic E-state index is 0.247. The Morgan fingerprint density at radius 1 is 1.33 bits per heavy atom. The standard InChI is InChI=1S/C13H11Br2FN2/c1-8-3-2-4-11(16)13(8)18-7-12-10(15)5-9(14)6-17-12/h2-6,18H,7H2,1H3. The highest BCUT2D eigenvalue weighted by molar-refractivity contribution is 9.11. The van der Waals surface area contributed by atoms with Crippen LogP contribution < -0.4 is 5.32 Å². The number of rotatable bonds is 3. The summed E-state index contributed by atoms with van der Waals surface area (Å²) >= 11 is 6.77. The first-order valence-electron chi connectivity index (χ1n) is 5.37. The topological polar surface area (TPSA) is 24.9 Å². The van der Waals surface area contributed by atoms with Crippen molar-refractivity contribution in [2.45, 2.75) is 13.5 Å². The molecule has 0 radical (unpaired) electrons. The predicted molar refractivity (Wildman–Crippen MR) is 78.1 cm³/mol. The lowest BCUT2D eigenvalue weighted by Crippen LogP contribution is -2.05. The van der Waals surface area contributed by atoms with Crippen molar-refractivity contribution in [3.63, 3.8) is 0 Å². The van der Waals surface area contributed by atoms with Crippen LogP contribution in [0.1, 0.15) is 11.3 Å². The van der Waals surface area contributed by atoms with E-state index in [-0.39, 0.29) is 5.82 Å². The summed E-state index contributed by atoms with van der Waals surface area (Å²) in [6.07, 6.45) is 1.72. The van der Waals surface area contributed by atoms with E-state index in [4.69, 9.17) is 0 Å². The third-order valence-corrected chi connectivity index (χ3v) is 3.66. The van der Waals surface area contributed by atoms with Gasteiger partial charge in [0, 0.05) is 15.1 Å². The van der Waals surface area contributed by atoms with Crippen molar-refractivity contribution in [1.29, 1.82) is 0 Å². The Bertz CT molecular complexity index is 553. The third kappa shape index (κ3) is 3.09. The van der Waals surface area contributed by atoms with Crippen LogP contribution in [0.3, 0.4) is 0 Å². The van der Waals surface area contributed by atoms with Gasteiger partial charge in [-0.15, -0.1) is 0 Å². The number of aromatic nitrogens is 1. The second-order valence-electron chi connectivity index (χ2n) is 3.87. The molecule has 0 bridgehead atoms. The molecule has 0 saturated heterocycles. The summed E-state index contributed by atoms with van der Waals surface area (Å²) in [7, 11) is 0. The predicted octanol–water partition coefficient (Wildman–Crippen LogP) is 4.67. The summed E-state index contributed by atoms with van der Waals surface area (Å²) in [6, 6.07) is 6.93. The van der Waals surface area contributed by atoms with Crippen LogP contribution in [-0.2, 0) is 6.54 Å². The Labute approximate surface area is 122 Å². The number of nitrogens with one attached hydrogen (secondary N) is 1. The van der Waals surface area contributed by atoms with Gasteiger partial charge in [0.1, 0.15) is 5.82 Å². The van der Waals surface area contributed by atoms with Crippen molar-refractivity contribution >= 4 is 37.5 Å². The van der Waals surface area contributed by atoms with Crippen LogP contribution in [0.15, 0.2) is 39.4 Å². The maximum absolute atomic E-state index is 13.6. The van der Waals surface area contributed by atoms with E-state index in [0.29, 0.717) is 12.2 Å². The molecule has 0 spiro atoms. The molecule has 0 aliphatic rings. The number of benzene rings is 1. The van der Waals surface area contributed by atoms with Crippen molar-refractivity contribution in [2.75, 3.05) is 5.32 Å². The minimum Gasteiger partial charge on any atom is -0.377 e. The maximum Gasteiger partial charge on any atom is 0.146 e. The lowest BCUT2D eigenvalue weighted by atomic mass is 10.2. The van der Waals surface area contributed by atoms with E-state index in [2.05, 4.69) is 42.2 Å². The molecule has 1 heterocycles. The van der Waals surface area contributed by atoms with Crippen LogP contribution in [0.4, 0.5) is 10.1 Å². The number of hydrogen-bond donors (Lipinski definition) is 1. The van der Waals surface area contributed by atoms with Crippen molar-refractivity contribution < 1.29 is 4.39 Å². The summed E-state index contributed by atoms with van der Waals surface area (Å²) in [5.74, 6) is -0.247. The lowest BCUT2D eigenvalue weighted by Gasteiger charge is -2.11. The number of pyridine rings is 1. The fourth-order valence-corrected chi connectivity index (χ4v) is 2.73. The Balaban J connectivity index is 2.16. The van der Waals surface area contributed by atoms with Crippen LogP contribution >= 0.6 is 31.9 Å². The molecule has 94 valence electrons. The highest BCUT2D eigenvalue weighted by atomic mass is 79.9. The molecule has 18 heavy (non-hydrogen) atoms. The Kier molecular flexibility index (Phi) is 4.35. The van der Waals surface area contributed by atoms with Gasteiger partial charge in [0.2, 0.25) is 0 Å². The molecule has 2 aromatic rings. The molecule has 0 unspecified atom stereocenters. The zero-order valence-corrected chi connectivity index (χ0v) is 12.8. The van der Waals surface area contributed by atoms with Crippen molar-refractivity contribution in [2.24, 2.45) is 0 Å². The Morgan fingerprint density at radius 2 is 2.11 bits per heavy atom. The molecule has 1 aromatic carbocycles. The van der Waals surface area contributed by atoms with Crippen LogP contribution in [-0.4, -0.2) is 4.98 Å². The van der Waals surface area contributed by atoms with E-state index < -0.39 is 0 Å². The first kappa shape index (κ1) is 13.5. The van der Waals surface area contributed by atoms with Crippen molar-refractivity contribution in [1.82, 2.24) is 4.98 Å². The molecule has 0 atom stereocenters. The van der Waals surface area contributed by atoms with Crippen molar-refractivity contribution in [3.05, 3.63) is 56.5 Å². The molecule has 0 saturated carbocycles. The zero-order chi connectivity index (χ0) is 13.1. The van der Waals surface area contributed by atoms with E-state index in [1.807, 2.05) is 19.1 Å². The number of halogens is 3. The summed E-state index contributed by atoms with van der Waals surface area (Å²) in [4.78, 5) is 4.27. The Morgan fingerprint density at radius 3 is 2.78 bits per heavy atom. The van der Waals surface area contributed by atoms with Gasteiger partial charge in [0.25, 0.3) is 0 Å². The highest BCUT2D eigenvalue weighted by Crippen LogP contribution is 2.23. The first-order chi connectivity index (χ1) is 8.58. The second kappa shape index (κ2) is 5.80. The molecule has 5 heteroatoms. The largest absolute Gasteiger partial charge is 0.377 e. The molecule has 2 nitrogen and oxygen atoms in total. The normalized spacial score (nSPS) is 10.4. The summed E-state index contributed by atoms with van der Waals surface area (Å²) in [5, 5.41) is 3.07. The lowest BCUT2D eigenvalue weighted by molar-refractivity contribution is 0.629. The van der Waals surface area contributed by atoms with E-state index in [1.54, 1.807) is 12.3 Å². The smallest absolute Gasteiger partial charge is 0.146 e. The van der Waals surface area contributed by atoms with Crippen LogP contribution in [0.25, 0.3) is 0 Å². The Hall–Kier alpha value is -0.940. The van der Waals surface area contributed by atoms with E-state index in [0.717, 1.165) is 20.2 Å². The van der Waals surface area contributed by atoms with Gasteiger partial charge in [0.15, 0.2) is 0 Å². The third-order valence-electron chi connectivity index (χ3n) is 2.54. The van der Waals surface area contributed by atoms with E-state index >= 15 is 0 Å². The molecular weight excluding hydrogens is 363 g/mol. The van der Waals surface area contributed by atoms with E-state index in [9.17, 15) is 4.39 Å². The number of aryl methyl sites for hydroxylation is 1. The highest BCUT2D eigenvalue weighted by Gasteiger charge is 2.07. The van der Waals surface area contributed by atoms with Gasteiger partial charge in [-0.3, -0.25) is 4.98 Å². The second-order valence-corrected chi connectivity index (χ2v) is 5.64. The number of para-hydroxylation sites is 1. The van der Waals surface area contributed by atoms with Gasteiger partial charge < -0.3 is 5.32 Å². The fraction of sp³-hybridized carbons (Fsp3) is 0.154. The van der Waals surface area contributed by atoms with Crippen molar-refractivity contribution in [3.8, 4) is 0 Å². The average molecular weight is 374 g/mol. The van der Waals surface area contributed by atoms with Crippen LogP contribution in [0, 0.1) is 12.7 Å². The van der Waals surface area contributed by atoms with Crippen LogP contribution in [0.2, 0.25) is 0 Å². The molecular formula is C13H11Br2FN2. The maximum atomic E-state index is 13.6. The average Bonchev–Trinajstić information content (AvgIpc) is 2.31.